The third-order valence-corrected chi connectivity index (χ3v) is 2.52. The van der Waals surface area contributed by atoms with E-state index < -0.39 is 4.92 Å². The maximum atomic E-state index is 10.9. The van der Waals surface area contributed by atoms with Crippen LogP contribution in [0.5, 0.6) is 0 Å². The van der Waals surface area contributed by atoms with Crippen LogP contribution in [-0.2, 0) is 0 Å². The third-order valence-electron chi connectivity index (χ3n) is 2.52. The first-order valence-corrected chi connectivity index (χ1v) is 4.83. The Bertz CT molecular complexity index is 480. The second kappa shape index (κ2) is 3.79. The van der Waals surface area contributed by atoms with Crippen LogP contribution in [-0.4, -0.2) is 17.0 Å². The van der Waals surface area contributed by atoms with Gasteiger partial charge in [0, 0.05) is 12.1 Å². The number of nitrogens with zero attached hydrogens (tertiary/aromatic N) is 2. The first-order chi connectivity index (χ1) is 7.63. The molecule has 0 radical (unpaired) electrons. The van der Waals surface area contributed by atoms with Gasteiger partial charge in [-0.1, -0.05) is 6.07 Å². The summed E-state index contributed by atoms with van der Waals surface area (Å²) in [4.78, 5) is 10.3. The van der Waals surface area contributed by atoms with Crippen LogP contribution in [0.3, 0.4) is 0 Å². The fraction of sp³-hybridized carbons (Fsp3) is 0.300. The second-order valence-corrected chi connectivity index (χ2v) is 3.72. The zero-order valence-electron chi connectivity index (χ0n) is 8.38. The molecule has 0 saturated heterocycles. The molecule has 6 heteroatoms. The Balaban J connectivity index is 2.36. The van der Waals surface area contributed by atoms with Crippen molar-refractivity contribution < 1.29 is 4.92 Å². The Kier molecular flexibility index (Phi) is 2.46. The standard InChI is InChI=1S/C10H10N4O2/c11-5-6-2-1-3-8(10(6)14(15)16)13-9-4-7(9)12/h1-3,7,9,13H,4,12H2. The Labute approximate surface area is 91.8 Å². The van der Waals surface area contributed by atoms with Crippen LogP contribution in [0.1, 0.15) is 12.0 Å². The number of para-hydroxylation sites is 1. The lowest BCUT2D eigenvalue weighted by Crippen LogP contribution is -2.14. The highest BCUT2D eigenvalue weighted by Gasteiger charge is 2.35. The molecule has 0 amide bonds. The van der Waals surface area contributed by atoms with Gasteiger partial charge in [-0.3, -0.25) is 10.1 Å². The number of hydrogen-bond donors (Lipinski definition) is 2. The molecular weight excluding hydrogens is 208 g/mol. The molecule has 0 bridgehead atoms. The summed E-state index contributed by atoms with van der Waals surface area (Å²) in [6.45, 7) is 0. The number of anilines is 1. The van der Waals surface area contributed by atoms with E-state index in [9.17, 15) is 10.1 Å². The molecule has 16 heavy (non-hydrogen) atoms. The molecule has 1 saturated carbocycles. The minimum absolute atomic E-state index is 0.0466. The van der Waals surface area contributed by atoms with Crippen molar-refractivity contribution in [1.82, 2.24) is 0 Å². The first-order valence-electron chi connectivity index (χ1n) is 4.83. The van der Waals surface area contributed by atoms with Gasteiger partial charge in [-0.2, -0.15) is 5.26 Å². The summed E-state index contributed by atoms with van der Waals surface area (Å²) in [5, 5.41) is 22.6. The quantitative estimate of drug-likeness (QED) is 0.581. The average molecular weight is 218 g/mol. The van der Waals surface area contributed by atoms with E-state index in [2.05, 4.69) is 5.32 Å². The van der Waals surface area contributed by atoms with Crippen LogP contribution in [0.15, 0.2) is 18.2 Å². The predicted molar refractivity (Wildman–Crippen MR) is 57.8 cm³/mol. The van der Waals surface area contributed by atoms with Gasteiger partial charge in [-0.25, -0.2) is 0 Å². The van der Waals surface area contributed by atoms with Crippen molar-refractivity contribution in [2.45, 2.75) is 18.5 Å². The second-order valence-electron chi connectivity index (χ2n) is 3.72. The zero-order chi connectivity index (χ0) is 11.7. The smallest absolute Gasteiger partial charge is 0.309 e. The molecule has 1 fully saturated rings. The van der Waals surface area contributed by atoms with Crippen LogP contribution in [0.25, 0.3) is 0 Å². The van der Waals surface area contributed by atoms with E-state index in [1.807, 2.05) is 6.07 Å². The normalized spacial score (nSPS) is 22.2. The molecular formula is C10H10N4O2. The highest BCUT2D eigenvalue weighted by atomic mass is 16.6. The van der Waals surface area contributed by atoms with Gasteiger partial charge >= 0.3 is 5.69 Å². The van der Waals surface area contributed by atoms with E-state index in [1.165, 1.54) is 6.07 Å². The Hall–Kier alpha value is -2.13. The van der Waals surface area contributed by atoms with Crippen molar-refractivity contribution in [3.05, 3.63) is 33.9 Å². The summed E-state index contributed by atoms with van der Waals surface area (Å²) >= 11 is 0. The molecule has 2 rings (SSSR count). The Morgan fingerprint density at radius 3 is 2.81 bits per heavy atom. The number of nitro groups is 1. The minimum Gasteiger partial charge on any atom is -0.375 e. The largest absolute Gasteiger partial charge is 0.375 e. The molecule has 82 valence electrons. The zero-order valence-corrected chi connectivity index (χ0v) is 8.38. The molecule has 0 aliphatic heterocycles. The average Bonchev–Trinajstić information content (AvgIpc) is 2.93. The topological polar surface area (TPSA) is 105 Å². The summed E-state index contributed by atoms with van der Waals surface area (Å²) in [5.74, 6) is 0. The fourth-order valence-electron chi connectivity index (χ4n) is 1.53. The van der Waals surface area contributed by atoms with Crippen molar-refractivity contribution in [2.75, 3.05) is 5.32 Å². The maximum absolute atomic E-state index is 10.9. The van der Waals surface area contributed by atoms with Crippen LogP contribution >= 0.6 is 0 Å². The van der Waals surface area contributed by atoms with E-state index in [1.54, 1.807) is 12.1 Å². The molecule has 6 nitrogen and oxygen atoms in total. The number of rotatable bonds is 3. The highest BCUT2D eigenvalue weighted by molar-refractivity contribution is 5.69. The van der Waals surface area contributed by atoms with Crippen molar-refractivity contribution in [3.63, 3.8) is 0 Å². The van der Waals surface area contributed by atoms with Gasteiger partial charge in [-0.05, 0) is 18.6 Å². The number of nitrogens with two attached hydrogens (primary N) is 1. The van der Waals surface area contributed by atoms with Gasteiger partial charge in [0.1, 0.15) is 17.3 Å². The van der Waals surface area contributed by atoms with Crippen LogP contribution in [0.2, 0.25) is 0 Å². The highest BCUT2D eigenvalue weighted by Crippen LogP contribution is 2.32. The van der Waals surface area contributed by atoms with Crippen molar-refractivity contribution in [2.24, 2.45) is 5.73 Å². The Morgan fingerprint density at radius 2 is 2.31 bits per heavy atom. The summed E-state index contributed by atoms with van der Waals surface area (Å²) in [5.41, 5.74) is 5.86. The molecule has 2 unspecified atom stereocenters. The maximum Gasteiger partial charge on any atom is 0.309 e. The van der Waals surface area contributed by atoms with Gasteiger partial charge in [0.25, 0.3) is 0 Å². The van der Waals surface area contributed by atoms with Crippen LogP contribution < -0.4 is 11.1 Å². The molecule has 3 N–H and O–H groups in total. The van der Waals surface area contributed by atoms with Gasteiger partial charge in [-0.15, -0.1) is 0 Å². The van der Waals surface area contributed by atoms with Gasteiger partial charge in [0.05, 0.1) is 4.92 Å². The monoisotopic (exact) mass is 218 g/mol. The van der Waals surface area contributed by atoms with Crippen molar-refractivity contribution >= 4 is 11.4 Å². The minimum atomic E-state index is -0.547. The van der Waals surface area contributed by atoms with Crippen molar-refractivity contribution in [3.8, 4) is 6.07 Å². The summed E-state index contributed by atoms with van der Waals surface area (Å²) in [7, 11) is 0. The molecule has 0 spiro atoms. The summed E-state index contributed by atoms with van der Waals surface area (Å²) in [6, 6.07) is 6.56. The molecule has 0 heterocycles. The number of benzene rings is 1. The first kappa shape index (κ1) is 10.4. The molecule has 1 aromatic rings. The lowest BCUT2D eigenvalue weighted by molar-refractivity contribution is -0.384. The van der Waals surface area contributed by atoms with Gasteiger partial charge in [0.2, 0.25) is 0 Å². The molecule has 1 aliphatic rings. The van der Waals surface area contributed by atoms with E-state index in [0.29, 0.717) is 5.69 Å². The summed E-state index contributed by atoms with van der Waals surface area (Å²) in [6.07, 6.45) is 0.800. The van der Waals surface area contributed by atoms with E-state index in [4.69, 9.17) is 11.0 Å². The fourth-order valence-corrected chi connectivity index (χ4v) is 1.53. The SMILES string of the molecule is N#Cc1cccc(NC2CC2N)c1[N+](=O)[O-]. The van der Waals surface area contributed by atoms with Gasteiger partial charge in [0.15, 0.2) is 0 Å². The number of nitro benzene ring substituents is 1. The number of hydrogen-bond acceptors (Lipinski definition) is 5. The third kappa shape index (κ3) is 1.81. The lowest BCUT2D eigenvalue weighted by Gasteiger charge is -2.06. The molecule has 2 atom stereocenters. The predicted octanol–water partition coefficient (Wildman–Crippen LogP) is 0.978. The van der Waals surface area contributed by atoms with E-state index >= 15 is 0 Å². The van der Waals surface area contributed by atoms with Crippen LogP contribution in [0, 0.1) is 21.4 Å². The van der Waals surface area contributed by atoms with E-state index in [-0.39, 0.29) is 23.3 Å². The molecule has 0 aromatic heterocycles. The number of nitrogens with one attached hydrogen (secondary N) is 1. The lowest BCUT2D eigenvalue weighted by atomic mass is 10.1. The van der Waals surface area contributed by atoms with Crippen molar-refractivity contribution in [1.29, 1.82) is 5.26 Å². The van der Waals surface area contributed by atoms with Crippen LogP contribution in [0.4, 0.5) is 11.4 Å². The summed E-state index contributed by atoms with van der Waals surface area (Å²) < 4.78 is 0. The molecule has 1 aliphatic carbocycles. The Morgan fingerprint density at radius 1 is 1.62 bits per heavy atom. The van der Waals surface area contributed by atoms with Gasteiger partial charge < -0.3 is 11.1 Å². The number of nitriles is 1. The van der Waals surface area contributed by atoms with E-state index in [0.717, 1.165) is 6.42 Å². The molecule has 1 aromatic carbocycles.